The van der Waals surface area contributed by atoms with Gasteiger partial charge in [0.1, 0.15) is 5.75 Å². The molecule has 0 aliphatic rings. The zero-order valence-corrected chi connectivity index (χ0v) is 19.2. The second-order valence-corrected chi connectivity index (χ2v) is 8.16. The normalized spacial score (nSPS) is 11.1. The molecule has 34 heavy (non-hydrogen) atoms. The summed E-state index contributed by atoms with van der Waals surface area (Å²) in [4.78, 5) is 25.3. The molecule has 1 heterocycles. The number of rotatable bonds is 6. The van der Waals surface area contributed by atoms with E-state index in [0.29, 0.717) is 27.8 Å². The molecule has 7 heteroatoms. The molecule has 2 N–H and O–H groups in total. The summed E-state index contributed by atoms with van der Waals surface area (Å²) in [6.45, 7) is 5.64. The Bertz CT molecular complexity index is 1430. The van der Waals surface area contributed by atoms with Gasteiger partial charge in [0.2, 0.25) is 5.88 Å². The Morgan fingerprint density at radius 2 is 1.62 bits per heavy atom. The zero-order chi connectivity index (χ0) is 24.2. The minimum atomic E-state index is -0.453. The maximum absolute atomic E-state index is 13.1. The van der Waals surface area contributed by atoms with Crippen LogP contribution in [0.15, 0.2) is 76.6 Å². The second-order valence-electron chi connectivity index (χ2n) is 8.16. The largest absolute Gasteiger partial charge is 0.494 e. The molecule has 1 aromatic heterocycles. The predicted octanol–water partition coefficient (Wildman–Crippen LogP) is 4.15. The third kappa shape index (κ3) is 4.83. The van der Waals surface area contributed by atoms with E-state index in [1.54, 1.807) is 36.4 Å². The van der Waals surface area contributed by atoms with Crippen molar-refractivity contribution in [1.82, 2.24) is 9.99 Å². The molecule has 0 aliphatic heterocycles. The number of carbonyl (C=O) groups is 1. The van der Waals surface area contributed by atoms with Crippen molar-refractivity contribution in [2.75, 3.05) is 6.61 Å². The molecule has 0 radical (unpaired) electrons. The molecule has 0 saturated carbocycles. The highest BCUT2D eigenvalue weighted by Gasteiger charge is 2.16. The van der Waals surface area contributed by atoms with E-state index in [1.807, 2.05) is 51.1 Å². The summed E-state index contributed by atoms with van der Waals surface area (Å²) in [6, 6.07) is 19.9. The number of benzene rings is 3. The van der Waals surface area contributed by atoms with Gasteiger partial charge >= 0.3 is 0 Å². The van der Waals surface area contributed by atoms with Crippen molar-refractivity contribution in [2.24, 2.45) is 5.10 Å². The number of hydrogen-bond donors (Lipinski definition) is 2. The summed E-state index contributed by atoms with van der Waals surface area (Å²) in [5.74, 6) is -0.117. The maximum atomic E-state index is 13.1. The molecular weight excluding hydrogens is 430 g/mol. The van der Waals surface area contributed by atoms with Gasteiger partial charge in [0, 0.05) is 10.8 Å². The lowest BCUT2D eigenvalue weighted by Crippen LogP contribution is -2.25. The summed E-state index contributed by atoms with van der Waals surface area (Å²) >= 11 is 0. The Hall–Kier alpha value is -4.39. The number of ether oxygens (including phenoxy) is 1. The molecule has 7 nitrogen and oxygen atoms in total. The highest BCUT2D eigenvalue weighted by Crippen LogP contribution is 2.26. The molecule has 1 amide bonds. The first-order valence-electron chi connectivity index (χ1n) is 10.8. The summed E-state index contributed by atoms with van der Waals surface area (Å²) in [5.41, 5.74) is 6.02. The lowest BCUT2D eigenvalue weighted by atomic mass is 10.1. The van der Waals surface area contributed by atoms with Crippen molar-refractivity contribution >= 4 is 22.9 Å². The van der Waals surface area contributed by atoms with Gasteiger partial charge in [-0.15, -0.1) is 0 Å². The third-order valence-corrected chi connectivity index (χ3v) is 5.34. The van der Waals surface area contributed by atoms with Crippen molar-refractivity contribution < 1.29 is 14.6 Å². The Kier molecular flexibility index (Phi) is 6.45. The number of aryl methyl sites for hydroxylation is 3. The Labute approximate surface area is 196 Å². The number of hydrogen-bond acceptors (Lipinski definition) is 5. The number of carbonyl (C=O) groups excluding carboxylic acids is 1. The first-order chi connectivity index (χ1) is 16.3. The maximum Gasteiger partial charge on any atom is 0.277 e. The van der Waals surface area contributed by atoms with Gasteiger partial charge in [-0.05, 0) is 62.2 Å². The van der Waals surface area contributed by atoms with E-state index in [1.165, 1.54) is 10.8 Å². The van der Waals surface area contributed by atoms with Crippen LogP contribution in [0.4, 0.5) is 0 Å². The van der Waals surface area contributed by atoms with Crippen LogP contribution in [0.1, 0.15) is 22.3 Å². The topological polar surface area (TPSA) is 92.9 Å². The molecule has 0 atom stereocenters. The van der Waals surface area contributed by atoms with Gasteiger partial charge in [-0.2, -0.15) is 5.10 Å². The van der Waals surface area contributed by atoms with Gasteiger partial charge in [0.15, 0.2) is 6.61 Å². The van der Waals surface area contributed by atoms with Crippen molar-refractivity contribution in [3.05, 3.63) is 99.3 Å². The molecule has 0 bridgehead atoms. The third-order valence-electron chi connectivity index (χ3n) is 5.34. The molecule has 0 unspecified atom stereocenters. The van der Waals surface area contributed by atoms with E-state index in [4.69, 9.17) is 4.74 Å². The SMILES string of the molecule is Cc1ccc(-n2c(O)c(/C=N\NC(=O)COc3cc(C)cc(C)c3)c3ccccc3c2=O)cc1. The van der Waals surface area contributed by atoms with E-state index in [0.717, 1.165) is 16.7 Å². The van der Waals surface area contributed by atoms with E-state index in [2.05, 4.69) is 10.5 Å². The number of aromatic hydroxyl groups is 1. The fourth-order valence-corrected chi connectivity index (χ4v) is 3.79. The van der Waals surface area contributed by atoms with Crippen LogP contribution in [0.5, 0.6) is 11.6 Å². The summed E-state index contributed by atoms with van der Waals surface area (Å²) in [5, 5.41) is 15.9. The first kappa shape index (κ1) is 22.8. The average Bonchev–Trinajstić information content (AvgIpc) is 2.80. The van der Waals surface area contributed by atoms with Gasteiger partial charge in [-0.25, -0.2) is 9.99 Å². The van der Waals surface area contributed by atoms with Crippen LogP contribution in [-0.4, -0.2) is 28.4 Å². The smallest absolute Gasteiger partial charge is 0.277 e. The van der Waals surface area contributed by atoms with Crippen molar-refractivity contribution in [1.29, 1.82) is 0 Å². The number of amides is 1. The first-order valence-corrected chi connectivity index (χ1v) is 10.8. The molecule has 0 spiro atoms. The number of pyridine rings is 1. The molecule has 172 valence electrons. The van der Waals surface area contributed by atoms with Crippen LogP contribution >= 0.6 is 0 Å². The van der Waals surface area contributed by atoms with E-state index in [9.17, 15) is 14.7 Å². The Morgan fingerprint density at radius 3 is 2.29 bits per heavy atom. The minimum absolute atomic E-state index is 0.212. The van der Waals surface area contributed by atoms with Crippen LogP contribution in [0.2, 0.25) is 0 Å². The highest BCUT2D eigenvalue weighted by molar-refractivity contribution is 6.02. The average molecular weight is 456 g/mol. The molecule has 0 aliphatic carbocycles. The quantitative estimate of drug-likeness (QED) is 0.337. The predicted molar refractivity (Wildman–Crippen MR) is 133 cm³/mol. The molecule has 0 fully saturated rings. The van der Waals surface area contributed by atoms with Gasteiger partial charge in [-0.1, -0.05) is 42.0 Å². The van der Waals surface area contributed by atoms with Gasteiger partial charge in [0.05, 0.1) is 17.5 Å². The molecule has 0 saturated heterocycles. The monoisotopic (exact) mass is 455 g/mol. The summed E-state index contributed by atoms with van der Waals surface area (Å²) in [6.07, 6.45) is 1.33. The molecular formula is C27H25N3O4. The standard InChI is InChI=1S/C27H25N3O4/c1-17-8-10-20(11-9-17)30-26(32)23-7-5-4-6-22(23)24(27(30)33)15-28-29-25(31)16-34-21-13-18(2)12-19(3)14-21/h4-15,33H,16H2,1-3H3,(H,29,31)/b28-15-. The zero-order valence-electron chi connectivity index (χ0n) is 19.2. The lowest BCUT2D eigenvalue weighted by Gasteiger charge is -2.14. The minimum Gasteiger partial charge on any atom is -0.494 e. The second kappa shape index (κ2) is 9.62. The number of nitrogens with one attached hydrogen (secondary N) is 1. The summed E-state index contributed by atoms with van der Waals surface area (Å²) in [7, 11) is 0. The highest BCUT2D eigenvalue weighted by atomic mass is 16.5. The van der Waals surface area contributed by atoms with Gasteiger partial charge in [0.25, 0.3) is 11.5 Å². The van der Waals surface area contributed by atoms with Gasteiger partial charge in [-0.3, -0.25) is 9.59 Å². The van der Waals surface area contributed by atoms with Crippen molar-refractivity contribution in [3.8, 4) is 17.3 Å². The Balaban J connectivity index is 1.60. The molecule has 4 rings (SSSR count). The number of hydrazone groups is 1. The van der Waals surface area contributed by atoms with Gasteiger partial charge < -0.3 is 9.84 Å². The Morgan fingerprint density at radius 1 is 0.971 bits per heavy atom. The van der Waals surface area contributed by atoms with Crippen LogP contribution in [0.3, 0.4) is 0 Å². The fourth-order valence-electron chi connectivity index (χ4n) is 3.79. The lowest BCUT2D eigenvalue weighted by molar-refractivity contribution is -0.123. The number of nitrogens with zero attached hydrogens (tertiary/aromatic N) is 2. The summed E-state index contributed by atoms with van der Waals surface area (Å²) < 4.78 is 6.78. The van der Waals surface area contributed by atoms with Crippen molar-refractivity contribution in [3.63, 3.8) is 0 Å². The number of fused-ring (bicyclic) bond motifs is 1. The van der Waals surface area contributed by atoms with E-state index < -0.39 is 5.91 Å². The fraction of sp³-hybridized carbons (Fsp3) is 0.148. The van der Waals surface area contributed by atoms with Crippen molar-refractivity contribution in [2.45, 2.75) is 20.8 Å². The van der Waals surface area contributed by atoms with E-state index in [-0.39, 0.29) is 18.0 Å². The molecule has 4 aromatic rings. The number of aromatic nitrogens is 1. The van der Waals surface area contributed by atoms with Crippen LogP contribution < -0.4 is 15.7 Å². The molecule has 3 aromatic carbocycles. The van der Waals surface area contributed by atoms with E-state index >= 15 is 0 Å². The van der Waals surface area contributed by atoms with Crippen LogP contribution in [-0.2, 0) is 4.79 Å². The van der Waals surface area contributed by atoms with Crippen LogP contribution in [0, 0.1) is 20.8 Å². The van der Waals surface area contributed by atoms with Crippen LogP contribution in [0.25, 0.3) is 16.5 Å².